The van der Waals surface area contributed by atoms with Gasteiger partial charge in [0.25, 0.3) is 0 Å². The van der Waals surface area contributed by atoms with Gasteiger partial charge in [-0.05, 0) is 19.9 Å². The Kier molecular flexibility index (Phi) is 3.75. The summed E-state index contributed by atoms with van der Waals surface area (Å²) < 4.78 is 5.17. The molecule has 4 heteroatoms. The first-order chi connectivity index (χ1) is 7.34. The zero-order chi connectivity index (χ0) is 10.5. The van der Waals surface area contributed by atoms with Crippen molar-refractivity contribution in [1.82, 2.24) is 15.4 Å². The summed E-state index contributed by atoms with van der Waals surface area (Å²) in [7, 11) is 0. The van der Waals surface area contributed by atoms with Crippen LogP contribution in [0, 0.1) is 6.92 Å². The Labute approximate surface area is 90.6 Å². The van der Waals surface area contributed by atoms with Gasteiger partial charge in [0.2, 0.25) is 0 Å². The number of hydrogen-bond donors (Lipinski definition) is 1. The van der Waals surface area contributed by atoms with Crippen molar-refractivity contribution in [2.24, 2.45) is 0 Å². The van der Waals surface area contributed by atoms with Gasteiger partial charge in [0.15, 0.2) is 0 Å². The van der Waals surface area contributed by atoms with Crippen LogP contribution in [-0.2, 0) is 6.42 Å². The molecule has 1 aromatic heterocycles. The maximum atomic E-state index is 5.17. The number of nitrogens with one attached hydrogen (secondary N) is 1. The quantitative estimate of drug-likeness (QED) is 0.797. The Hall–Kier alpha value is -0.870. The first-order valence-electron chi connectivity index (χ1n) is 5.70. The molecule has 0 bridgehead atoms. The average molecular weight is 209 g/mol. The minimum atomic E-state index is 0.979. The number of rotatable bonds is 4. The summed E-state index contributed by atoms with van der Waals surface area (Å²) in [5, 5.41) is 7.24. The molecule has 15 heavy (non-hydrogen) atoms. The monoisotopic (exact) mass is 209 g/mol. The highest BCUT2D eigenvalue weighted by atomic mass is 16.5. The molecule has 0 aromatic carbocycles. The molecule has 1 aliphatic heterocycles. The Morgan fingerprint density at radius 1 is 1.47 bits per heavy atom. The largest absolute Gasteiger partial charge is 0.361 e. The molecule has 1 aliphatic rings. The van der Waals surface area contributed by atoms with Gasteiger partial charge < -0.3 is 14.7 Å². The van der Waals surface area contributed by atoms with Crippen LogP contribution in [0.5, 0.6) is 0 Å². The van der Waals surface area contributed by atoms with Crippen molar-refractivity contribution in [2.75, 3.05) is 32.7 Å². The molecular formula is C11H19N3O. The topological polar surface area (TPSA) is 41.3 Å². The van der Waals surface area contributed by atoms with Crippen molar-refractivity contribution in [3.63, 3.8) is 0 Å². The third kappa shape index (κ3) is 3.32. The number of piperazine rings is 1. The van der Waals surface area contributed by atoms with Gasteiger partial charge in [0.1, 0.15) is 5.76 Å². The molecule has 1 N–H and O–H groups in total. The van der Waals surface area contributed by atoms with Gasteiger partial charge in [-0.15, -0.1) is 0 Å². The van der Waals surface area contributed by atoms with E-state index >= 15 is 0 Å². The molecule has 1 fully saturated rings. The van der Waals surface area contributed by atoms with Crippen LogP contribution in [0.25, 0.3) is 0 Å². The Morgan fingerprint density at radius 3 is 2.93 bits per heavy atom. The molecule has 0 spiro atoms. The predicted molar refractivity (Wildman–Crippen MR) is 58.9 cm³/mol. The molecule has 4 nitrogen and oxygen atoms in total. The molecule has 0 atom stereocenters. The number of aromatic nitrogens is 1. The minimum Gasteiger partial charge on any atom is -0.361 e. The van der Waals surface area contributed by atoms with E-state index in [-0.39, 0.29) is 0 Å². The van der Waals surface area contributed by atoms with Gasteiger partial charge in [-0.3, -0.25) is 0 Å². The molecule has 0 radical (unpaired) electrons. The van der Waals surface area contributed by atoms with Crippen LogP contribution in [0.3, 0.4) is 0 Å². The first kappa shape index (κ1) is 10.6. The summed E-state index contributed by atoms with van der Waals surface area (Å²) in [6.45, 7) is 7.73. The molecule has 0 aliphatic carbocycles. The third-order valence-corrected chi connectivity index (χ3v) is 2.78. The van der Waals surface area contributed by atoms with Crippen LogP contribution in [0.4, 0.5) is 0 Å². The second kappa shape index (κ2) is 5.28. The molecule has 2 heterocycles. The van der Waals surface area contributed by atoms with E-state index in [2.05, 4.69) is 15.4 Å². The van der Waals surface area contributed by atoms with E-state index in [0.29, 0.717) is 0 Å². The molecule has 0 unspecified atom stereocenters. The maximum Gasteiger partial charge on any atom is 0.137 e. The SMILES string of the molecule is Cc1cc(CCCN2CCNCC2)on1. The van der Waals surface area contributed by atoms with E-state index in [1.165, 1.54) is 19.6 Å². The number of aryl methyl sites for hydroxylation is 2. The van der Waals surface area contributed by atoms with E-state index < -0.39 is 0 Å². The molecule has 1 saturated heterocycles. The van der Waals surface area contributed by atoms with Crippen molar-refractivity contribution in [3.05, 3.63) is 17.5 Å². The smallest absolute Gasteiger partial charge is 0.137 e. The normalized spacial score (nSPS) is 18.2. The minimum absolute atomic E-state index is 0.979. The number of nitrogens with zero attached hydrogens (tertiary/aromatic N) is 2. The fourth-order valence-electron chi connectivity index (χ4n) is 1.95. The van der Waals surface area contributed by atoms with Gasteiger partial charge >= 0.3 is 0 Å². The van der Waals surface area contributed by atoms with Crippen LogP contribution in [0.2, 0.25) is 0 Å². The molecule has 0 saturated carbocycles. The predicted octanol–water partition coefficient (Wildman–Crippen LogP) is 0.821. The Bertz CT molecular complexity index is 292. The van der Waals surface area contributed by atoms with E-state index in [1.807, 2.05) is 13.0 Å². The van der Waals surface area contributed by atoms with Gasteiger partial charge in [0.05, 0.1) is 5.69 Å². The Morgan fingerprint density at radius 2 is 2.27 bits per heavy atom. The second-order valence-electron chi connectivity index (χ2n) is 4.13. The van der Waals surface area contributed by atoms with Crippen LogP contribution in [0.1, 0.15) is 17.9 Å². The fraction of sp³-hybridized carbons (Fsp3) is 0.727. The highest BCUT2D eigenvalue weighted by Gasteiger charge is 2.09. The van der Waals surface area contributed by atoms with E-state index in [1.54, 1.807) is 0 Å². The average Bonchev–Trinajstić information content (AvgIpc) is 2.66. The molecule has 2 rings (SSSR count). The lowest BCUT2D eigenvalue weighted by atomic mass is 10.2. The lowest BCUT2D eigenvalue weighted by Crippen LogP contribution is -2.43. The van der Waals surface area contributed by atoms with Crippen molar-refractivity contribution in [1.29, 1.82) is 0 Å². The van der Waals surface area contributed by atoms with Crippen molar-refractivity contribution < 1.29 is 4.52 Å². The highest BCUT2D eigenvalue weighted by Crippen LogP contribution is 2.06. The lowest BCUT2D eigenvalue weighted by Gasteiger charge is -2.26. The van der Waals surface area contributed by atoms with Gasteiger partial charge in [-0.25, -0.2) is 0 Å². The summed E-state index contributed by atoms with van der Waals surface area (Å²) in [5.41, 5.74) is 0.979. The zero-order valence-corrected chi connectivity index (χ0v) is 9.33. The molecule has 84 valence electrons. The van der Waals surface area contributed by atoms with E-state index in [9.17, 15) is 0 Å². The highest BCUT2D eigenvalue weighted by molar-refractivity contribution is 5.02. The summed E-state index contributed by atoms with van der Waals surface area (Å²) in [6, 6.07) is 2.03. The first-order valence-corrected chi connectivity index (χ1v) is 5.70. The van der Waals surface area contributed by atoms with Crippen LogP contribution < -0.4 is 5.32 Å². The van der Waals surface area contributed by atoms with Crippen LogP contribution >= 0.6 is 0 Å². The number of hydrogen-bond acceptors (Lipinski definition) is 4. The Balaban J connectivity index is 1.65. The van der Waals surface area contributed by atoms with E-state index in [0.717, 1.165) is 37.4 Å². The maximum absolute atomic E-state index is 5.17. The standard InChI is InChI=1S/C11H19N3O/c1-10-9-11(15-13-10)3-2-6-14-7-4-12-5-8-14/h9,12H,2-8H2,1H3. The van der Waals surface area contributed by atoms with Crippen LogP contribution in [-0.4, -0.2) is 42.8 Å². The summed E-state index contributed by atoms with van der Waals surface area (Å²) in [4.78, 5) is 2.50. The molecular weight excluding hydrogens is 190 g/mol. The zero-order valence-electron chi connectivity index (χ0n) is 9.33. The fourth-order valence-corrected chi connectivity index (χ4v) is 1.95. The lowest BCUT2D eigenvalue weighted by molar-refractivity contribution is 0.236. The van der Waals surface area contributed by atoms with Gasteiger partial charge in [-0.1, -0.05) is 5.16 Å². The van der Waals surface area contributed by atoms with Crippen molar-refractivity contribution in [3.8, 4) is 0 Å². The van der Waals surface area contributed by atoms with E-state index in [4.69, 9.17) is 4.52 Å². The molecule has 1 aromatic rings. The van der Waals surface area contributed by atoms with Gasteiger partial charge in [0, 0.05) is 38.7 Å². The molecule has 0 amide bonds. The van der Waals surface area contributed by atoms with Crippen molar-refractivity contribution >= 4 is 0 Å². The van der Waals surface area contributed by atoms with Crippen LogP contribution in [0.15, 0.2) is 10.6 Å². The third-order valence-electron chi connectivity index (χ3n) is 2.78. The van der Waals surface area contributed by atoms with Crippen molar-refractivity contribution in [2.45, 2.75) is 19.8 Å². The summed E-state index contributed by atoms with van der Waals surface area (Å²) in [5.74, 6) is 1.02. The summed E-state index contributed by atoms with van der Waals surface area (Å²) in [6.07, 6.45) is 2.17. The summed E-state index contributed by atoms with van der Waals surface area (Å²) >= 11 is 0. The second-order valence-corrected chi connectivity index (χ2v) is 4.13. The van der Waals surface area contributed by atoms with Gasteiger partial charge in [-0.2, -0.15) is 0 Å².